The van der Waals surface area contributed by atoms with E-state index in [-0.39, 0.29) is 6.10 Å². The number of furan rings is 1. The third kappa shape index (κ3) is 2.75. The van der Waals surface area contributed by atoms with E-state index in [1.807, 2.05) is 19.9 Å². The summed E-state index contributed by atoms with van der Waals surface area (Å²) < 4.78 is 13.5. The minimum absolute atomic E-state index is 0.214. The number of hydrogen-bond donors (Lipinski definition) is 0. The van der Waals surface area contributed by atoms with Gasteiger partial charge in [0.15, 0.2) is 5.82 Å². The van der Waals surface area contributed by atoms with Gasteiger partial charge in [-0.1, -0.05) is 0 Å². The van der Waals surface area contributed by atoms with Gasteiger partial charge in [0.05, 0.1) is 11.7 Å². The SMILES string of the molecule is CCn1c(-c2cc(C)oc2C)nnc1N1CCCOC(C)C1. The topological polar surface area (TPSA) is 56.3 Å². The van der Waals surface area contributed by atoms with E-state index >= 15 is 0 Å². The third-order valence-electron chi connectivity index (χ3n) is 4.06. The van der Waals surface area contributed by atoms with Gasteiger partial charge in [0.25, 0.3) is 0 Å². The Labute approximate surface area is 131 Å². The van der Waals surface area contributed by atoms with Crippen LogP contribution in [0.2, 0.25) is 0 Å². The third-order valence-corrected chi connectivity index (χ3v) is 4.06. The lowest BCUT2D eigenvalue weighted by Crippen LogP contribution is -2.32. The normalized spacial score (nSPS) is 19.5. The summed E-state index contributed by atoms with van der Waals surface area (Å²) in [7, 11) is 0. The maximum absolute atomic E-state index is 5.73. The first-order chi connectivity index (χ1) is 10.6. The summed E-state index contributed by atoms with van der Waals surface area (Å²) in [5.74, 6) is 3.59. The van der Waals surface area contributed by atoms with E-state index < -0.39 is 0 Å². The molecule has 0 spiro atoms. The van der Waals surface area contributed by atoms with Crippen molar-refractivity contribution in [3.63, 3.8) is 0 Å². The lowest BCUT2D eigenvalue weighted by Gasteiger charge is -2.23. The second kappa shape index (κ2) is 6.12. The van der Waals surface area contributed by atoms with Crippen LogP contribution in [0, 0.1) is 13.8 Å². The molecule has 0 saturated carbocycles. The predicted octanol–water partition coefficient (Wildman–Crippen LogP) is 2.79. The number of ether oxygens (including phenoxy) is 1. The molecule has 0 bridgehead atoms. The molecular weight excluding hydrogens is 280 g/mol. The number of nitrogens with zero attached hydrogens (tertiary/aromatic N) is 4. The molecule has 6 nitrogen and oxygen atoms in total. The fourth-order valence-corrected chi connectivity index (χ4v) is 3.05. The summed E-state index contributed by atoms with van der Waals surface area (Å²) in [5, 5.41) is 8.89. The molecule has 1 saturated heterocycles. The molecule has 2 aromatic rings. The van der Waals surface area contributed by atoms with Crippen LogP contribution in [-0.2, 0) is 11.3 Å². The maximum Gasteiger partial charge on any atom is 0.227 e. The summed E-state index contributed by atoms with van der Waals surface area (Å²) in [5.41, 5.74) is 1.03. The fourth-order valence-electron chi connectivity index (χ4n) is 3.05. The highest BCUT2D eigenvalue weighted by atomic mass is 16.5. The van der Waals surface area contributed by atoms with Gasteiger partial charge in [-0.25, -0.2) is 0 Å². The van der Waals surface area contributed by atoms with Crippen LogP contribution < -0.4 is 4.90 Å². The van der Waals surface area contributed by atoms with Crippen LogP contribution in [0.3, 0.4) is 0 Å². The summed E-state index contributed by atoms with van der Waals surface area (Å²) in [4.78, 5) is 2.28. The first kappa shape index (κ1) is 15.1. The highest BCUT2D eigenvalue weighted by Gasteiger charge is 2.23. The molecule has 0 aliphatic carbocycles. The molecule has 1 atom stereocenters. The van der Waals surface area contributed by atoms with Crippen LogP contribution in [0.4, 0.5) is 5.95 Å². The summed E-state index contributed by atoms with van der Waals surface area (Å²) >= 11 is 0. The fraction of sp³-hybridized carbons (Fsp3) is 0.625. The zero-order chi connectivity index (χ0) is 15.7. The predicted molar refractivity (Wildman–Crippen MR) is 85.1 cm³/mol. The Morgan fingerprint density at radius 2 is 2.14 bits per heavy atom. The van der Waals surface area contributed by atoms with Gasteiger partial charge < -0.3 is 14.1 Å². The summed E-state index contributed by atoms with van der Waals surface area (Å²) in [6.07, 6.45) is 1.23. The smallest absolute Gasteiger partial charge is 0.227 e. The minimum atomic E-state index is 0.214. The molecule has 6 heteroatoms. The minimum Gasteiger partial charge on any atom is -0.466 e. The number of aryl methyl sites for hydroxylation is 2. The van der Waals surface area contributed by atoms with E-state index in [0.29, 0.717) is 0 Å². The van der Waals surface area contributed by atoms with E-state index in [2.05, 4.69) is 33.5 Å². The van der Waals surface area contributed by atoms with E-state index in [9.17, 15) is 0 Å². The molecule has 120 valence electrons. The average Bonchev–Trinajstić information content (AvgIpc) is 2.97. The molecule has 0 radical (unpaired) electrons. The van der Waals surface area contributed by atoms with Crippen molar-refractivity contribution in [2.24, 2.45) is 0 Å². The van der Waals surface area contributed by atoms with E-state index in [1.165, 1.54) is 0 Å². The molecular formula is C16H24N4O2. The standard InChI is InChI=1S/C16H24N4O2/c1-5-20-15(14-9-11(2)22-13(14)4)17-18-16(20)19-7-6-8-21-12(3)10-19/h9,12H,5-8,10H2,1-4H3. The van der Waals surface area contributed by atoms with E-state index in [1.54, 1.807) is 0 Å². The molecule has 3 rings (SSSR count). The zero-order valence-corrected chi connectivity index (χ0v) is 13.8. The lowest BCUT2D eigenvalue weighted by molar-refractivity contribution is 0.0819. The van der Waals surface area contributed by atoms with Gasteiger partial charge in [-0.3, -0.25) is 4.57 Å². The quantitative estimate of drug-likeness (QED) is 0.872. The van der Waals surface area contributed by atoms with Crippen molar-refractivity contribution in [1.82, 2.24) is 14.8 Å². The second-order valence-electron chi connectivity index (χ2n) is 5.88. The van der Waals surface area contributed by atoms with Crippen LogP contribution in [0.5, 0.6) is 0 Å². The number of rotatable bonds is 3. The summed E-state index contributed by atoms with van der Waals surface area (Å²) in [6, 6.07) is 2.03. The van der Waals surface area contributed by atoms with Crippen molar-refractivity contribution >= 4 is 5.95 Å². The molecule has 1 aliphatic rings. The molecule has 3 heterocycles. The van der Waals surface area contributed by atoms with Crippen LogP contribution >= 0.6 is 0 Å². The van der Waals surface area contributed by atoms with Gasteiger partial charge >= 0.3 is 0 Å². The van der Waals surface area contributed by atoms with Gasteiger partial charge in [0.1, 0.15) is 11.5 Å². The molecule has 1 fully saturated rings. The summed E-state index contributed by atoms with van der Waals surface area (Å²) in [6.45, 7) is 11.6. The van der Waals surface area contributed by atoms with E-state index in [4.69, 9.17) is 9.15 Å². The Hall–Kier alpha value is -1.82. The second-order valence-corrected chi connectivity index (χ2v) is 5.88. The number of anilines is 1. The van der Waals surface area contributed by atoms with Crippen molar-refractivity contribution in [2.45, 2.75) is 46.8 Å². The van der Waals surface area contributed by atoms with Gasteiger partial charge in [-0.2, -0.15) is 0 Å². The Kier molecular flexibility index (Phi) is 4.20. The lowest BCUT2D eigenvalue weighted by atomic mass is 10.2. The van der Waals surface area contributed by atoms with Crippen molar-refractivity contribution in [3.05, 3.63) is 17.6 Å². The number of aromatic nitrogens is 3. The average molecular weight is 304 g/mol. The van der Waals surface area contributed by atoms with Crippen molar-refractivity contribution in [2.75, 3.05) is 24.6 Å². The Morgan fingerprint density at radius 1 is 1.32 bits per heavy atom. The molecule has 1 aliphatic heterocycles. The molecule has 0 aromatic carbocycles. The Morgan fingerprint density at radius 3 is 2.82 bits per heavy atom. The maximum atomic E-state index is 5.73. The van der Waals surface area contributed by atoms with Gasteiger partial charge in [-0.15, -0.1) is 10.2 Å². The molecule has 22 heavy (non-hydrogen) atoms. The highest BCUT2D eigenvalue weighted by Crippen LogP contribution is 2.28. The molecule has 0 N–H and O–H groups in total. The van der Waals surface area contributed by atoms with Crippen molar-refractivity contribution < 1.29 is 9.15 Å². The Bertz CT molecular complexity index is 647. The molecule has 1 unspecified atom stereocenters. The largest absolute Gasteiger partial charge is 0.466 e. The first-order valence-corrected chi connectivity index (χ1v) is 7.97. The monoisotopic (exact) mass is 304 g/mol. The van der Waals surface area contributed by atoms with E-state index in [0.717, 1.165) is 61.5 Å². The number of hydrogen-bond acceptors (Lipinski definition) is 5. The van der Waals surface area contributed by atoms with Crippen molar-refractivity contribution in [1.29, 1.82) is 0 Å². The van der Waals surface area contributed by atoms with Crippen LogP contribution in [0.1, 0.15) is 31.8 Å². The Balaban J connectivity index is 1.98. The highest BCUT2D eigenvalue weighted by molar-refractivity contribution is 5.60. The molecule has 0 amide bonds. The zero-order valence-electron chi connectivity index (χ0n) is 13.8. The van der Waals surface area contributed by atoms with Crippen LogP contribution in [0.25, 0.3) is 11.4 Å². The van der Waals surface area contributed by atoms with Gasteiger partial charge in [-0.05, 0) is 40.2 Å². The van der Waals surface area contributed by atoms with Crippen molar-refractivity contribution in [3.8, 4) is 11.4 Å². The van der Waals surface area contributed by atoms with Gasteiger partial charge in [0, 0.05) is 26.2 Å². The molecule has 2 aromatic heterocycles. The van der Waals surface area contributed by atoms with Crippen LogP contribution in [0.15, 0.2) is 10.5 Å². The first-order valence-electron chi connectivity index (χ1n) is 7.97. The van der Waals surface area contributed by atoms with Gasteiger partial charge in [0.2, 0.25) is 5.95 Å². The van der Waals surface area contributed by atoms with Crippen LogP contribution in [-0.4, -0.2) is 40.6 Å².